The van der Waals surface area contributed by atoms with Crippen LogP contribution in [0.3, 0.4) is 0 Å². The number of rotatable bonds is 15. The summed E-state index contributed by atoms with van der Waals surface area (Å²) in [5.74, 6) is -0.796. The summed E-state index contributed by atoms with van der Waals surface area (Å²) in [7, 11) is 0. The SMILES string of the molecule is Cc1ncsc1-c1ccc([C@H](C)NC(=O)[C@@H]2C[C@@H](O)CN2C(=O)[C@@H](NC(=O)CCCCCCCCCBr)C(C)(C)C)cc1. The lowest BCUT2D eigenvalue weighted by Crippen LogP contribution is -2.57. The van der Waals surface area contributed by atoms with Crippen LogP contribution in [0, 0.1) is 12.3 Å². The van der Waals surface area contributed by atoms with Gasteiger partial charge in [-0.2, -0.15) is 0 Å². The molecule has 0 spiro atoms. The highest BCUT2D eigenvalue weighted by Crippen LogP contribution is 2.29. The molecule has 0 unspecified atom stereocenters. The molecule has 2 heterocycles. The number of hydrogen-bond acceptors (Lipinski definition) is 6. The molecule has 1 aromatic heterocycles. The fourth-order valence-electron chi connectivity index (χ4n) is 5.51. The van der Waals surface area contributed by atoms with E-state index < -0.39 is 23.6 Å². The Kier molecular flexibility index (Phi) is 13.6. The zero-order valence-corrected chi connectivity index (χ0v) is 28.7. The van der Waals surface area contributed by atoms with Gasteiger partial charge in [-0.05, 0) is 43.2 Å². The molecule has 0 saturated carbocycles. The van der Waals surface area contributed by atoms with Gasteiger partial charge in [-0.3, -0.25) is 14.4 Å². The van der Waals surface area contributed by atoms with Gasteiger partial charge in [0.15, 0.2) is 0 Å². The van der Waals surface area contributed by atoms with E-state index in [4.69, 9.17) is 0 Å². The second-order valence-corrected chi connectivity index (χ2v) is 14.4. The number of aryl methyl sites for hydroxylation is 1. The molecule has 238 valence electrons. The third-order valence-corrected chi connectivity index (χ3v) is 9.64. The fraction of sp³-hybridized carbons (Fsp3) is 0.636. The Labute approximate surface area is 269 Å². The summed E-state index contributed by atoms with van der Waals surface area (Å²) in [5.41, 5.74) is 4.27. The molecule has 3 rings (SSSR count). The molecule has 4 atom stereocenters. The highest BCUT2D eigenvalue weighted by Gasteiger charge is 2.44. The number of carbonyl (C=O) groups excluding carboxylic acids is 3. The van der Waals surface area contributed by atoms with Crippen LogP contribution in [0.1, 0.15) is 103 Å². The van der Waals surface area contributed by atoms with Crippen LogP contribution in [0.25, 0.3) is 10.4 Å². The van der Waals surface area contributed by atoms with Crippen LogP contribution in [0.4, 0.5) is 0 Å². The van der Waals surface area contributed by atoms with Gasteiger partial charge in [0.25, 0.3) is 0 Å². The number of nitrogens with one attached hydrogen (secondary N) is 2. The van der Waals surface area contributed by atoms with Gasteiger partial charge in [0.2, 0.25) is 17.7 Å². The van der Waals surface area contributed by atoms with Crippen LogP contribution in [-0.2, 0) is 14.4 Å². The monoisotopic (exact) mass is 676 g/mol. The van der Waals surface area contributed by atoms with Gasteiger partial charge in [0.1, 0.15) is 12.1 Å². The van der Waals surface area contributed by atoms with E-state index in [1.54, 1.807) is 11.3 Å². The standard InChI is InChI=1S/C33H49BrN4O4S/c1-22(24-14-16-25(17-15-24)29-23(2)35-21-43-29)36-31(41)27-19-26(39)20-38(27)32(42)30(33(3,4)5)37-28(40)13-11-9-7-6-8-10-12-18-34/h14-17,21-22,26-27,30,39H,6-13,18-20H2,1-5H3,(H,36,41)(H,37,40)/t22-,26+,27-,30+/m0/s1. The number of alkyl halides is 1. The normalized spacial score (nSPS) is 18.3. The first-order valence-electron chi connectivity index (χ1n) is 15.6. The van der Waals surface area contributed by atoms with Gasteiger partial charge in [-0.15, -0.1) is 11.3 Å². The van der Waals surface area contributed by atoms with Gasteiger partial charge >= 0.3 is 0 Å². The molecule has 43 heavy (non-hydrogen) atoms. The quantitative estimate of drug-likeness (QED) is 0.151. The third kappa shape index (κ3) is 10.4. The molecule has 1 saturated heterocycles. The van der Waals surface area contributed by atoms with Crippen LogP contribution in [0.5, 0.6) is 0 Å². The van der Waals surface area contributed by atoms with Crippen molar-refractivity contribution >= 4 is 45.0 Å². The maximum Gasteiger partial charge on any atom is 0.246 e. The first-order valence-corrected chi connectivity index (χ1v) is 17.6. The van der Waals surface area contributed by atoms with E-state index in [2.05, 4.69) is 31.5 Å². The van der Waals surface area contributed by atoms with Crippen molar-refractivity contribution in [2.45, 2.75) is 117 Å². The number of aliphatic hydroxyl groups excluding tert-OH is 1. The maximum absolute atomic E-state index is 13.8. The molecule has 1 aliphatic rings. The van der Waals surface area contributed by atoms with Crippen molar-refractivity contribution < 1.29 is 19.5 Å². The number of aliphatic hydroxyl groups is 1. The Morgan fingerprint density at radius 2 is 1.67 bits per heavy atom. The molecule has 3 amide bonds. The van der Waals surface area contributed by atoms with E-state index in [0.29, 0.717) is 6.42 Å². The Balaban J connectivity index is 1.58. The minimum atomic E-state index is -0.810. The zero-order chi connectivity index (χ0) is 31.6. The van der Waals surface area contributed by atoms with Crippen LogP contribution in [-0.4, -0.2) is 62.8 Å². The van der Waals surface area contributed by atoms with Crippen molar-refractivity contribution in [1.29, 1.82) is 0 Å². The number of thiazole rings is 1. The summed E-state index contributed by atoms with van der Waals surface area (Å²) in [6, 6.07) is 6.12. The Morgan fingerprint density at radius 3 is 2.26 bits per heavy atom. The largest absolute Gasteiger partial charge is 0.391 e. The predicted octanol–water partition coefficient (Wildman–Crippen LogP) is 6.30. The van der Waals surface area contributed by atoms with Crippen LogP contribution in [0.2, 0.25) is 0 Å². The summed E-state index contributed by atoms with van der Waals surface area (Å²) in [6.07, 6.45) is 7.42. The van der Waals surface area contributed by atoms with Crippen molar-refractivity contribution in [2.75, 3.05) is 11.9 Å². The van der Waals surface area contributed by atoms with Gasteiger partial charge < -0.3 is 20.6 Å². The molecule has 0 radical (unpaired) electrons. The van der Waals surface area contributed by atoms with E-state index in [0.717, 1.165) is 46.3 Å². The smallest absolute Gasteiger partial charge is 0.246 e. The highest BCUT2D eigenvalue weighted by molar-refractivity contribution is 9.09. The summed E-state index contributed by atoms with van der Waals surface area (Å²) < 4.78 is 0. The van der Waals surface area contributed by atoms with Gasteiger partial charge in [0.05, 0.1) is 28.2 Å². The van der Waals surface area contributed by atoms with Crippen LogP contribution < -0.4 is 10.6 Å². The minimum Gasteiger partial charge on any atom is -0.391 e. The lowest BCUT2D eigenvalue weighted by Gasteiger charge is -2.35. The number of carbonyl (C=O) groups is 3. The number of amides is 3. The van der Waals surface area contributed by atoms with Crippen molar-refractivity contribution in [3.05, 3.63) is 41.0 Å². The number of halogens is 1. The minimum absolute atomic E-state index is 0.0612. The van der Waals surface area contributed by atoms with Gasteiger partial charge in [-0.1, -0.05) is 93.1 Å². The maximum atomic E-state index is 13.8. The van der Waals surface area contributed by atoms with E-state index in [-0.39, 0.29) is 36.7 Å². The molecular formula is C33H49BrN4O4S. The summed E-state index contributed by atoms with van der Waals surface area (Å²) in [6.45, 7) is 9.67. The van der Waals surface area contributed by atoms with E-state index in [1.807, 2.05) is 64.4 Å². The molecule has 3 N–H and O–H groups in total. The Morgan fingerprint density at radius 1 is 1.05 bits per heavy atom. The highest BCUT2D eigenvalue weighted by atomic mass is 79.9. The molecule has 1 fully saturated rings. The molecule has 0 bridgehead atoms. The molecular weight excluding hydrogens is 628 g/mol. The van der Waals surface area contributed by atoms with Crippen LogP contribution >= 0.6 is 27.3 Å². The van der Waals surface area contributed by atoms with Crippen molar-refractivity contribution in [2.24, 2.45) is 5.41 Å². The Bertz CT molecular complexity index is 1200. The number of nitrogens with zero attached hydrogens (tertiary/aromatic N) is 2. The molecule has 10 heteroatoms. The average Bonchev–Trinajstić information content (AvgIpc) is 3.57. The van der Waals surface area contributed by atoms with E-state index in [9.17, 15) is 19.5 Å². The molecule has 2 aromatic rings. The van der Waals surface area contributed by atoms with E-state index in [1.165, 1.54) is 30.6 Å². The molecule has 1 aromatic carbocycles. The molecule has 0 aliphatic carbocycles. The second-order valence-electron chi connectivity index (χ2n) is 12.8. The van der Waals surface area contributed by atoms with Gasteiger partial charge in [0, 0.05) is 24.7 Å². The third-order valence-electron chi connectivity index (χ3n) is 8.10. The average molecular weight is 678 g/mol. The zero-order valence-electron chi connectivity index (χ0n) is 26.3. The van der Waals surface area contributed by atoms with E-state index >= 15 is 0 Å². The first kappa shape index (κ1) is 35.2. The van der Waals surface area contributed by atoms with Crippen molar-refractivity contribution in [1.82, 2.24) is 20.5 Å². The van der Waals surface area contributed by atoms with Crippen molar-refractivity contribution in [3.8, 4) is 10.4 Å². The summed E-state index contributed by atoms with van der Waals surface area (Å²) >= 11 is 5.05. The lowest BCUT2D eigenvalue weighted by atomic mass is 9.85. The van der Waals surface area contributed by atoms with Crippen LogP contribution in [0.15, 0.2) is 29.8 Å². The number of unbranched alkanes of at least 4 members (excludes halogenated alkanes) is 6. The summed E-state index contributed by atoms with van der Waals surface area (Å²) in [4.78, 5) is 47.1. The Hall–Kier alpha value is -2.30. The number of β-amino-alcohol motifs (C(OH)–C–C–N with tert-alkyl or cyclic N) is 1. The van der Waals surface area contributed by atoms with Crippen molar-refractivity contribution in [3.63, 3.8) is 0 Å². The fourth-order valence-corrected chi connectivity index (χ4v) is 6.72. The number of hydrogen-bond donors (Lipinski definition) is 3. The number of aromatic nitrogens is 1. The summed E-state index contributed by atoms with van der Waals surface area (Å²) in [5, 5.41) is 17.5. The topological polar surface area (TPSA) is 112 Å². The second kappa shape index (κ2) is 16.7. The predicted molar refractivity (Wildman–Crippen MR) is 177 cm³/mol. The van der Waals surface area contributed by atoms with Gasteiger partial charge in [-0.25, -0.2) is 4.98 Å². The molecule has 1 aliphatic heterocycles. The first-order chi connectivity index (χ1) is 20.4. The number of likely N-dealkylation sites (tertiary alicyclic amines) is 1. The number of benzene rings is 1. The lowest BCUT2D eigenvalue weighted by molar-refractivity contribution is -0.144. The molecule has 8 nitrogen and oxygen atoms in total.